The number of allylic oxidation sites excluding steroid dienone is 2. The number of nitrogens with zero attached hydrogens (tertiary/aromatic N) is 2. The van der Waals surface area contributed by atoms with Gasteiger partial charge >= 0.3 is 0 Å². The summed E-state index contributed by atoms with van der Waals surface area (Å²) in [5, 5.41) is 9.02. The highest BCUT2D eigenvalue weighted by Crippen LogP contribution is 2.48. The SMILES string of the molecule is C=C1C(C2=C(N)CCC2)=NCC12CCB(C#N)CC2.CC. The molecule has 2 heterocycles. The predicted octanol–water partition coefficient (Wildman–Crippen LogP) is 3.76. The molecule has 0 atom stereocenters. The number of aliphatic imine (C=N–C) groups is 1. The van der Waals surface area contributed by atoms with Gasteiger partial charge in [0.05, 0.1) is 5.71 Å². The van der Waals surface area contributed by atoms with Crippen LogP contribution in [0.3, 0.4) is 0 Å². The van der Waals surface area contributed by atoms with E-state index in [0.29, 0.717) is 0 Å². The summed E-state index contributed by atoms with van der Waals surface area (Å²) in [6, 6.07) is 0. The zero-order chi connectivity index (χ0) is 15.5. The molecular formula is C17H26BN3. The van der Waals surface area contributed by atoms with Crippen LogP contribution < -0.4 is 5.73 Å². The Morgan fingerprint density at radius 2 is 1.95 bits per heavy atom. The summed E-state index contributed by atoms with van der Waals surface area (Å²) in [5.74, 6) is 2.40. The molecule has 1 spiro atoms. The highest BCUT2D eigenvalue weighted by Gasteiger charge is 2.44. The quantitative estimate of drug-likeness (QED) is 0.745. The molecule has 0 aromatic rings. The van der Waals surface area contributed by atoms with Crippen LogP contribution in [0.25, 0.3) is 0 Å². The van der Waals surface area contributed by atoms with E-state index in [9.17, 15) is 0 Å². The van der Waals surface area contributed by atoms with Crippen LogP contribution in [-0.2, 0) is 0 Å². The van der Waals surface area contributed by atoms with E-state index < -0.39 is 0 Å². The molecule has 2 aliphatic heterocycles. The largest absolute Gasteiger partial charge is 0.402 e. The Bertz CT molecular complexity index is 517. The third-order valence-electron chi connectivity index (χ3n) is 5.14. The van der Waals surface area contributed by atoms with Crippen LogP contribution in [0.1, 0.15) is 46.0 Å². The van der Waals surface area contributed by atoms with E-state index in [1.54, 1.807) is 0 Å². The minimum atomic E-state index is 0.137. The smallest absolute Gasteiger partial charge is 0.267 e. The van der Waals surface area contributed by atoms with Crippen LogP contribution in [0.15, 0.2) is 28.4 Å². The molecule has 1 saturated heterocycles. The molecule has 3 aliphatic rings. The van der Waals surface area contributed by atoms with Crippen molar-refractivity contribution in [3.05, 3.63) is 23.4 Å². The Hall–Kier alpha value is -1.50. The molecule has 1 aliphatic carbocycles. The molecule has 0 radical (unpaired) electrons. The van der Waals surface area contributed by atoms with E-state index in [0.717, 1.165) is 62.7 Å². The average molecular weight is 283 g/mol. The summed E-state index contributed by atoms with van der Waals surface area (Å²) in [6.45, 7) is 9.43. The van der Waals surface area contributed by atoms with Crippen LogP contribution in [-0.4, -0.2) is 19.0 Å². The molecule has 3 nitrogen and oxygen atoms in total. The lowest BCUT2D eigenvalue weighted by Crippen LogP contribution is -2.33. The van der Waals surface area contributed by atoms with Crippen LogP contribution in [0.5, 0.6) is 0 Å². The van der Waals surface area contributed by atoms with Gasteiger partial charge in [-0.2, -0.15) is 0 Å². The first-order valence-electron chi connectivity index (χ1n) is 8.28. The van der Waals surface area contributed by atoms with Crippen molar-refractivity contribution in [3.8, 4) is 5.97 Å². The Balaban J connectivity index is 0.000000774. The molecule has 112 valence electrons. The van der Waals surface area contributed by atoms with Crippen molar-refractivity contribution in [2.75, 3.05) is 6.54 Å². The molecule has 0 amide bonds. The number of hydrogen-bond acceptors (Lipinski definition) is 3. The van der Waals surface area contributed by atoms with Gasteiger partial charge in [0, 0.05) is 23.6 Å². The highest BCUT2D eigenvalue weighted by atomic mass is 14.8. The summed E-state index contributed by atoms with van der Waals surface area (Å²) >= 11 is 0. The normalized spacial score (nSPS) is 23.8. The van der Waals surface area contributed by atoms with Gasteiger partial charge in [-0.15, -0.1) is 0 Å². The minimum Gasteiger partial charge on any atom is -0.402 e. The Morgan fingerprint density at radius 1 is 1.29 bits per heavy atom. The first-order chi connectivity index (χ1) is 10.2. The second-order valence-electron chi connectivity index (χ2n) is 6.18. The second kappa shape index (κ2) is 6.51. The standard InChI is InChI=1S/C15H20BN3.C2H6/c1-11-14(12-3-2-4-13(12)18)19-9-15(11)5-7-16(10-17)8-6-15;1-2/h1-9,18H2;1-2H3. The predicted molar refractivity (Wildman–Crippen MR) is 90.5 cm³/mol. The number of hydrogen-bond donors (Lipinski definition) is 1. The Morgan fingerprint density at radius 3 is 2.48 bits per heavy atom. The van der Waals surface area contributed by atoms with Gasteiger partial charge in [0.25, 0.3) is 6.71 Å². The van der Waals surface area contributed by atoms with Gasteiger partial charge in [0.15, 0.2) is 0 Å². The van der Waals surface area contributed by atoms with Gasteiger partial charge in [0.2, 0.25) is 0 Å². The fourth-order valence-corrected chi connectivity index (χ4v) is 3.75. The van der Waals surface area contributed by atoms with Crippen molar-refractivity contribution >= 4 is 12.4 Å². The van der Waals surface area contributed by atoms with E-state index in [4.69, 9.17) is 16.0 Å². The third-order valence-corrected chi connectivity index (χ3v) is 5.14. The molecular weight excluding hydrogens is 257 g/mol. The zero-order valence-corrected chi connectivity index (χ0v) is 13.4. The van der Waals surface area contributed by atoms with Crippen molar-refractivity contribution in [2.24, 2.45) is 16.1 Å². The van der Waals surface area contributed by atoms with Crippen LogP contribution in [0.2, 0.25) is 12.6 Å². The van der Waals surface area contributed by atoms with Crippen molar-refractivity contribution in [3.63, 3.8) is 0 Å². The molecule has 0 aromatic carbocycles. The minimum absolute atomic E-state index is 0.137. The summed E-state index contributed by atoms with van der Waals surface area (Å²) in [4.78, 5) is 4.77. The number of rotatable bonds is 1. The first-order valence-corrected chi connectivity index (χ1v) is 8.28. The molecule has 0 aromatic heterocycles. The number of nitriles is 1. The Kier molecular flexibility index (Phi) is 4.93. The lowest BCUT2D eigenvalue weighted by molar-refractivity contribution is 0.353. The van der Waals surface area contributed by atoms with Gasteiger partial charge < -0.3 is 5.73 Å². The van der Waals surface area contributed by atoms with Crippen molar-refractivity contribution < 1.29 is 0 Å². The van der Waals surface area contributed by atoms with Crippen molar-refractivity contribution in [1.82, 2.24) is 0 Å². The van der Waals surface area contributed by atoms with E-state index >= 15 is 0 Å². The molecule has 0 bridgehead atoms. The first kappa shape index (κ1) is 15.9. The van der Waals surface area contributed by atoms with E-state index in [1.807, 2.05) is 13.8 Å². The fourth-order valence-electron chi connectivity index (χ4n) is 3.75. The lowest BCUT2D eigenvalue weighted by atomic mass is 9.39. The summed E-state index contributed by atoms with van der Waals surface area (Å²) in [7, 11) is 0. The van der Waals surface area contributed by atoms with Crippen LogP contribution in [0, 0.1) is 16.6 Å². The van der Waals surface area contributed by atoms with Gasteiger partial charge in [0.1, 0.15) is 0 Å². The average Bonchev–Trinajstić information content (AvgIpc) is 3.08. The van der Waals surface area contributed by atoms with E-state index in [-0.39, 0.29) is 12.1 Å². The van der Waals surface area contributed by atoms with E-state index in [2.05, 4.69) is 12.5 Å². The van der Waals surface area contributed by atoms with Gasteiger partial charge in [-0.1, -0.05) is 33.1 Å². The van der Waals surface area contributed by atoms with Crippen LogP contribution in [0.4, 0.5) is 0 Å². The Labute approximate surface area is 129 Å². The van der Waals surface area contributed by atoms with Crippen LogP contribution >= 0.6 is 0 Å². The monoisotopic (exact) mass is 283 g/mol. The van der Waals surface area contributed by atoms with Gasteiger partial charge in [-0.3, -0.25) is 4.99 Å². The molecule has 3 rings (SSSR count). The molecule has 0 unspecified atom stereocenters. The number of nitrogens with two attached hydrogens (primary N) is 1. The second-order valence-corrected chi connectivity index (χ2v) is 6.18. The van der Waals surface area contributed by atoms with Gasteiger partial charge in [-0.05, 0) is 43.3 Å². The summed E-state index contributed by atoms with van der Waals surface area (Å²) < 4.78 is 0. The van der Waals surface area contributed by atoms with E-state index in [1.165, 1.54) is 11.1 Å². The molecule has 0 saturated carbocycles. The molecule has 1 fully saturated rings. The lowest BCUT2D eigenvalue weighted by Gasteiger charge is -2.35. The summed E-state index contributed by atoms with van der Waals surface area (Å²) in [6.07, 6.45) is 7.32. The summed E-state index contributed by atoms with van der Waals surface area (Å²) in [5.41, 5.74) is 10.8. The molecule has 21 heavy (non-hydrogen) atoms. The fraction of sp³-hybridized carbons (Fsp3) is 0.647. The maximum absolute atomic E-state index is 9.02. The van der Waals surface area contributed by atoms with Crippen molar-refractivity contribution in [1.29, 1.82) is 5.26 Å². The zero-order valence-electron chi connectivity index (χ0n) is 13.4. The highest BCUT2D eigenvalue weighted by molar-refractivity contribution is 6.67. The maximum Gasteiger partial charge on any atom is 0.267 e. The third kappa shape index (κ3) is 2.79. The topological polar surface area (TPSA) is 62.2 Å². The molecule has 2 N–H and O–H groups in total. The van der Waals surface area contributed by atoms with Crippen molar-refractivity contribution in [2.45, 2.75) is 58.6 Å². The van der Waals surface area contributed by atoms with Gasteiger partial charge in [-0.25, -0.2) is 5.26 Å². The maximum atomic E-state index is 9.02. The molecule has 4 heteroatoms.